The second-order valence-electron chi connectivity index (χ2n) is 6.84. The van der Waals surface area contributed by atoms with Crippen LogP contribution in [-0.2, 0) is 11.2 Å². The number of nitrogens with two attached hydrogens (primary N) is 1. The lowest BCUT2D eigenvalue weighted by molar-refractivity contribution is -0.135. The van der Waals surface area contributed by atoms with E-state index in [4.69, 9.17) is 5.73 Å². The fourth-order valence-corrected chi connectivity index (χ4v) is 3.72. The zero-order valence-corrected chi connectivity index (χ0v) is 16.4. The van der Waals surface area contributed by atoms with Gasteiger partial charge in [0, 0.05) is 23.5 Å². The van der Waals surface area contributed by atoms with Gasteiger partial charge in [0.15, 0.2) is 0 Å². The Morgan fingerprint density at radius 3 is 2.74 bits per heavy atom. The SMILES string of the molecule is CC(C)CC(Cc1cccc(Br)c1)C(=O)N1CCC(CN)C1.Cl. The van der Waals surface area contributed by atoms with E-state index in [2.05, 4.69) is 41.9 Å². The van der Waals surface area contributed by atoms with E-state index in [1.807, 2.05) is 17.0 Å². The van der Waals surface area contributed by atoms with Crippen molar-refractivity contribution in [3.63, 3.8) is 0 Å². The summed E-state index contributed by atoms with van der Waals surface area (Å²) in [6.45, 7) is 6.77. The zero-order chi connectivity index (χ0) is 16.1. The molecule has 0 radical (unpaired) electrons. The predicted octanol–water partition coefficient (Wildman–Crippen LogP) is 3.88. The minimum atomic E-state index is 0. The molecule has 2 N–H and O–H groups in total. The molecule has 0 saturated carbocycles. The van der Waals surface area contributed by atoms with Crippen LogP contribution in [0.4, 0.5) is 0 Å². The number of rotatable bonds is 6. The van der Waals surface area contributed by atoms with E-state index in [1.165, 1.54) is 5.56 Å². The number of amides is 1. The molecule has 130 valence electrons. The van der Waals surface area contributed by atoms with E-state index in [-0.39, 0.29) is 18.3 Å². The van der Waals surface area contributed by atoms with Crippen LogP contribution in [0.2, 0.25) is 0 Å². The van der Waals surface area contributed by atoms with Gasteiger partial charge in [-0.15, -0.1) is 12.4 Å². The third-order valence-electron chi connectivity index (χ3n) is 4.41. The first-order chi connectivity index (χ1) is 10.5. The number of carbonyl (C=O) groups is 1. The van der Waals surface area contributed by atoms with E-state index in [0.717, 1.165) is 36.8 Å². The van der Waals surface area contributed by atoms with Crippen LogP contribution >= 0.6 is 28.3 Å². The highest BCUT2D eigenvalue weighted by atomic mass is 79.9. The summed E-state index contributed by atoms with van der Waals surface area (Å²) in [7, 11) is 0. The summed E-state index contributed by atoms with van der Waals surface area (Å²) in [6.07, 6.45) is 2.81. The average Bonchev–Trinajstić information content (AvgIpc) is 2.94. The fourth-order valence-electron chi connectivity index (χ4n) is 3.27. The summed E-state index contributed by atoms with van der Waals surface area (Å²) in [5, 5.41) is 0. The van der Waals surface area contributed by atoms with Gasteiger partial charge in [-0.1, -0.05) is 41.9 Å². The lowest BCUT2D eigenvalue weighted by atomic mass is 9.90. The molecule has 0 aromatic heterocycles. The third-order valence-corrected chi connectivity index (χ3v) is 4.90. The van der Waals surface area contributed by atoms with E-state index in [1.54, 1.807) is 0 Å². The highest BCUT2D eigenvalue weighted by Gasteiger charge is 2.30. The summed E-state index contributed by atoms with van der Waals surface area (Å²) in [5.74, 6) is 1.39. The molecule has 0 aliphatic carbocycles. The van der Waals surface area contributed by atoms with Gasteiger partial charge in [0.05, 0.1) is 0 Å². The van der Waals surface area contributed by atoms with Gasteiger partial charge < -0.3 is 10.6 Å². The maximum atomic E-state index is 12.9. The van der Waals surface area contributed by atoms with E-state index >= 15 is 0 Å². The van der Waals surface area contributed by atoms with Crippen molar-refractivity contribution in [1.29, 1.82) is 0 Å². The van der Waals surface area contributed by atoms with Crippen molar-refractivity contribution in [3.8, 4) is 0 Å². The molecule has 2 rings (SSSR count). The van der Waals surface area contributed by atoms with Crippen LogP contribution in [0.1, 0.15) is 32.3 Å². The summed E-state index contributed by atoms with van der Waals surface area (Å²) in [4.78, 5) is 14.9. The Kier molecular flexibility index (Phi) is 8.59. The smallest absolute Gasteiger partial charge is 0.226 e. The standard InChI is InChI=1S/C18H27BrN2O.ClH/c1-13(2)8-16(9-14-4-3-5-17(19)10-14)18(22)21-7-6-15(11-20)12-21;/h3-5,10,13,15-16H,6-9,11-12,20H2,1-2H3;1H. The first kappa shape index (κ1) is 20.5. The maximum absolute atomic E-state index is 12.9. The molecule has 1 aromatic rings. The number of hydrogen-bond donors (Lipinski definition) is 1. The van der Waals surface area contributed by atoms with Gasteiger partial charge >= 0.3 is 0 Å². The number of halogens is 2. The predicted molar refractivity (Wildman–Crippen MR) is 102 cm³/mol. The minimum absolute atomic E-state index is 0. The first-order valence-electron chi connectivity index (χ1n) is 8.23. The summed E-state index contributed by atoms with van der Waals surface area (Å²) in [6, 6.07) is 8.29. The molecular weight excluding hydrogens is 376 g/mol. The van der Waals surface area contributed by atoms with Crippen LogP contribution < -0.4 is 5.73 Å². The molecular formula is C18H28BrClN2O. The van der Waals surface area contributed by atoms with Gasteiger partial charge in [0.1, 0.15) is 0 Å². The number of nitrogens with zero attached hydrogens (tertiary/aromatic N) is 1. The third kappa shape index (κ3) is 6.09. The molecule has 1 fully saturated rings. The Bertz CT molecular complexity index is 510. The topological polar surface area (TPSA) is 46.3 Å². The zero-order valence-electron chi connectivity index (χ0n) is 14.0. The largest absolute Gasteiger partial charge is 0.342 e. The molecule has 1 aliphatic heterocycles. The normalized spacial score (nSPS) is 18.8. The molecule has 2 atom stereocenters. The van der Waals surface area contributed by atoms with Gasteiger partial charge in [-0.05, 0) is 55.3 Å². The van der Waals surface area contributed by atoms with Crippen LogP contribution in [0.25, 0.3) is 0 Å². The molecule has 1 saturated heterocycles. The first-order valence-corrected chi connectivity index (χ1v) is 9.02. The van der Waals surface area contributed by atoms with Gasteiger partial charge in [-0.3, -0.25) is 4.79 Å². The molecule has 1 amide bonds. The monoisotopic (exact) mass is 402 g/mol. The van der Waals surface area contributed by atoms with E-state index < -0.39 is 0 Å². The number of hydrogen-bond acceptors (Lipinski definition) is 2. The Balaban J connectivity index is 0.00000264. The van der Waals surface area contributed by atoms with Gasteiger partial charge in [-0.2, -0.15) is 0 Å². The second-order valence-corrected chi connectivity index (χ2v) is 7.75. The Morgan fingerprint density at radius 1 is 1.43 bits per heavy atom. The number of carbonyl (C=O) groups excluding carboxylic acids is 1. The van der Waals surface area contributed by atoms with Crippen LogP contribution in [0.3, 0.4) is 0 Å². The van der Waals surface area contributed by atoms with Crippen LogP contribution in [-0.4, -0.2) is 30.4 Å². The van der Waals surface area contributed by atoms with Crippen molar-refractivity contribution in [1.82, 2.24) is 4.90 Å². The lowest BCUT2D eigenvalue weighted by Gasteiger charge is -2.25. The molecule has 1 aromatic carbocycles. The van der Waals surface area contributed by atoms with Crippen molar-refractivity contribution in [2.75, 3.05) is 19.6 Å². The maximum Gasteiger partial charge on any atom is 0.226 e. The Hall–Kier alpha value is -0.580. The molecule has 1 heterocycles. The van der Waals surface area contributed by atoms with Gasteiger partial charge in [-0.25, -0.2) is 0 Å². The molecule has 1 aliphatic rings. The van der Waals surface area contributed by atoms with Crippen LogP contribution in [0.5, 0.6) is 0 Å². The molecule has 0 bridgehead atoms. The van der Waals surface area contributed by atoms with Crippen molar-refractivity contribution in [2.45, 2.75) is 33.1 Å². The van der Waals surface area contributed by atoms with Crippen LogP contribution in [0, 0.1) is 17.8 Å². The molecule has 3 nitrogen and oxygen atoms in total. The molecule has 5 heteroatoms. The summed E-state index contributed by atoms with van der Waals surface area (Å²) in [5.41, 5.74) is 6.97. The molecule has 0 spiro atoms. The number of likely N-dealkylation sites (tertiary alicyclic amines) is 1. The molecule has 23 heavy (non-hydrogen) atoms. The Labute approximate surface area is 154 Å². The minimum Gasteiger partial charge on any atom is -0.342 e. The highest BCUT2D eigenvalue weighted by molar-refractivity contribution is 9.10. The van der Waals surface area contributed by atoms with Gasteiger partial charge in [0.25, 0.3) is 0 Å². The number of benzene rings is 1. The van der Waals surface area contributed by atoms with Crippen molar-refractivity contribution >= 4 is 34.2 Å². The quantitative estimate of drug-likeness (QED) is 0.783. The van der Waals surface area contributed by atoms with E-state index in [9.17, 15) is 4.79 Å². The van der Waals surface area contributed by atoms with Gasteiger partial charge in [0.2, 0.25) is 5.91 Å². The van der Waals surface area contributed by atoms with E-state index in [0.29, 0.717) is 24.3 Å². The second kappa shape index (κ2) is 9.65. The van der Waals surface area contributed by atoms with Crippen LogP contribution in [0.15, 0.2) is 28.7 Å². The van der Waals surface area contributed by atoms with Crippen molar-refractivity contribution in [2.24, 2.45) is 23.5 Å². The van der Waals surface area contributed by atoms with Crippen molar-refractivity contribution < 1.29 is 4.79 Å². The summed E-state index contributed by atoms with van der Waals surface area (Å²) < 4.78 is 1.07. The highest BCUT2D eigenvalue weighted by Crippen LogP contribution is 2.25. The lowest BCUT2D eigenvalue weighted by Crippen LogP contribution is -2.36. The van der Waals surface area contributed by atoms with Crippen molar-refractivity contribution in [3.05, 3.63) is 34.3 Å². The summed E-state index contributed by atoms with van der Waals surface area (Å²) >= 11 is 3.51. The average molecular weight is 404 g/mol. The Morgan fingerprint density at radius 2 is 2.17 bits per heavy atom. The molecule has 2 unspecified atom stereocenters. The fraction of sp³-hybridized carbons (Fsp3) is 0.611.